The van der Waals surface area contributed by atoms with Crippen molar-refractivity contribution in [1.82, 2.24) is 4.90 Å². The zero-order valence-corrected chi connectivity index (χ0v) is 14.6. The molecule has 124 valence electrons. The second-order valence-electron chi connectivity index (χ2n) is 6.34. The summed E-state index contributed by atoms with van der Waals surface area (Å²) >= 11 is 0. The van der Waals surface area contributed by atoms with Crippen LogP contribution in [-0.2, 0) is 13.0 Å². The molecule has 0 saturated heterocycles. The zero-order valence-electron chi connectivity index (χ0n) is 13.8. The average Bonchev–Trinajstić information content (AvgIpc) is 2.48. The van der Waals surface area contributed by atoms with Gasteiger partial charge in [0.05, 0.1) is 5.56 Å². The smallest absolute Gasteiger partial charge is 0.335 e. The summed E-state index contributed by atoms with van der Waals surface area (Å²) in [5.74, 6) is -0.878. The highest BCUT2D eigenvalue weighted by Gasteiger charge is 2.24. The SMILES string of the molecule is CN(Cc1ccccc1)C(C)(C)Cc1cccc(C(=O)O)c1.Cl. The maximum atomic E-state index is 11.1. The molecule has 0 unspecified atom stereocenters. The Morgan fingerprint density at radius 1 is 1.04 bits per heavy atom. The lowest BCUT2D eigenvalue weighted by Gasteiger charge is -2.36. The Morgan fingerprint density at radius 2 is 1.65 bits per heavy atom. The lowest BCUT2D eigenvalue weighted by Crippen LogP contribution is -2.42. The van der Waals surface area contributed by atoms with Gasteiger partial charge in [-0.15, -0.1) is 12.4 Å². The second kappa shape index (κ2) is 8.14. The van der Waals surface area contributed by atoms with Crippen LogP contribution in [0, 0.1) is 0 Å². The maximum absolute atomic E-state index is 11.1. The Labute approximate surface area is 144 Å². The van der Waals surface area contributed by atoms with E-state index < -0.39 is 5.97 Å². The van der Waals surface area contributed by atoms with Crippen molar-refractivity contribution in [2.75, 3.05) is 7.05 Å². The van der Waals surface area contributed by atoms with E-state index in [0.717, 1.165) is 18.5 Å². The summed E-state index contributed by atoms with van der Waals surface area (Å²) in [5, 5.41) is 9.10. The molecule has 0 aliphatic carbocycles. The molecule has 0 aromatic heterocycles. The highest BCUT2D eigenvalue weighted by Crippen LogP contribution is 2.22. The van der Waals surface area contributed by atoms with Crippen molar-refractivity contribution in [3.8, 4) is 0 Å². The number of carboxylic acids is 1. The monoisotopic (exact) mass is 333 g/mol. The van der Waals surface area contributed by atoms with E-state index in [9.17, 15) is 4.79 Å². The largest absolute Gasteiger partial charge is 0.478 e. The van der Waals surface area contributed by atoms with Crippen LogP contribution in [0.25, 0.3) is 0 Å². The van der Waals surface area contributed by atoms with E-state index in [1.165, 1.54) is 5.56 Å². The highest BCUT2D eigenvalue weighted by atomic mass is 35.5. The molecule has 0 spiro atoms. The summed E-state index contributed by atoms with van der Waals surface area (Å²) in [4.78, 5) is 13.4. The number of carbonyl (C=O) groups is 1. The van der Waals surface area contributed by atoms with Gasteiger partial charge in [0, 0.05) is 12.1 Å². The highest BCUT2D eigenvalue weighted by molar-refractivity contribution is 5.87. The average molecular weight is 334 g/mol. The number of rotatable bonds is 6. The molecule has 0 atom stereocenters. The molecule has 0 saturated carbocycles. The molecule has 0 bridgehead atoms. The fourth-order valence-corrected chi connectivity index (χ4v) is 2.52. The van der Waals surface area contributed by atoms with Crippen molar-refractivity contribution in [3.63, 3.8) is 0 Å². The van der Waals surface area contributed by atoms with Gasteiger partial charge in [-0.05, 0) is 50.6 Å². The molecule has 2 aromatic carbocycles. The van der Waals surface area contributed by atoms with Gasteiger partial charge in [0.15, 0.2) is 0 Å². The molecule has 0 amide bonds. The Balaban J connectivity index is 0.00000264. The van der Waals surface area contributed by atoms with E-state index in [4.69, 9.17) is 5.11 Å². The second-order valence-corrected chi connectivity index (χ2v) is 6.34. The van der Waals surface area contributed by atoms with Gasteiger partial charge in [-0.3, -0.25) is 4.90 Å². The lowest BCUT2D eigenvalue weighted by molar-refractivity contribution is 0.0696. The summed E-state index contributed by atoms with van der Waals surface area (Å²) in [6.45, 7) is 5.24. The van der Waals surface area contributed by atoms with Gasteiger partial charge < -0.3 is 5.11 Å². The van der Waals surface area contributed by atoms with Crippen LogP contribution in [0.2, 0.25) is 0 Å². The van der Waals surface area contributed by atoms with E-state index in [2.05, 4.69) is 37.9 Å². The molecular formula is C19H24ClNO2. The number of hydrogen-bond acceptors (Lipinski definition) is 2. The number of halogens is 1. The fourth-order valence-electron chi connectivity index (χ4n) is 2.52. The third-order valence-corrected chi connectivity index (χ3v) is 4.11. The zero-order chi connectivity index (χ0) is 16.2. The molecule has 0 aliphatic rings. The first-order valence-electron chi connectivity index (χ1n) is 7.46. The van der Waals surface area contributed by atoms with E-state index in [1.807, 2.05) is 30.3 Å². The van der Waals surface area contributed by atoms with Crippen LogP contribution in [0.5, 0.6) is 0 Å². The Kier molecular flexibility index (Phi) is 6.79. The molecule has 2 rings (SSSR count). The minimum absolute atomic E-state index is 0. The third kappa shape index (κ3) is 5.38. The summed E-state index contributed by atoms with van der Waals surface area (Å²) in [7, 11) is 2.11. The van der Waals surface area contributed by atoms with Crippen molar-refractivity contribution in [2.45, 2.75) is 32.4 Å². The van der Waals surface area contributed by atoms with Crippen LogP contribution in [0.15, 0.2) is 54.6 Å². The van der Waals surface area contributed by atoms with Crippen LogP contribution in [-0.4, -0.2) is 28.6 Å². The first-order valence-corrected chi connectivity index (χ1v) is 7.46. The predicted octanol–water partition coefficient (Wildman–Crippen LogP) is 4.26. The number of benzene rings is 2. The minimum atomic E-state index is -0.878. The molecule has 4 heteroatoms. The van der Waals surface area contributed by atoms with Crippen molar-refractivity contribution in [3.05, 3.63) is 71.3 Å². The van der Waals surface area contributed by atoms with Crippen LogP contribution >= 0.6 is 12.4 Å². The first-order chi connectivity index (χ1) is 10.4. The van der Waals surface area contributed by atoms with Crippen LogP contribution < -0.4 is 0 Å². The molecular weight excluding hydrogens is 310 g/mol. The Morgan fingerprint density at radius 3 is 2.26 bits per heavy atom. The number of carboxylic acid groups (broad SMARTS) is 1. The van der Waals surface area contributed by atoms with E-state index >= 15 is 0 Å². The molecule has 2 aromatic rings. The lowest BCUT2D eigenvalue weighted by atomic mass is 9.92. The van der Waals surface area contributed by atoms with Gasteiger partial charge >= 0.3 is 5.97 Å². The van der Waals surface area contributed by atoms with Gasteiger partial charge in [0.25, 0.3) is 0 Å². The summed E-state index contributed by atoms with van der Waals surface area (Å²) in [5.41, 5.74) is 2.61. The third-order valence-electron chi connectivity index (χ3n) is 4.11. The minimum Gasteiger partial charge on any atom is -0.478 e. The summed E-state index contributed by atoms with van der Waals surface area (Å²) in [6.07, 6.45) is 0.803. The van der Waals surface area contributed by atoms with Crippen LogP contribution in [0.1, 0.15) is 35.3 Å². The molecule has 0 fully saturated rings. The fraction of sp³-hybridized carbons (Fsp3) is 0.316. The van der Waals surface area contributed by atoms with Gasteiger partial charge in [-0.1, -0.05) is 42.5 Å². The van der Waals surface area contributed by atoms with Gasteiger partial charge in [0.2, 0.25) is 0 Å². The number of aromatic carboxylic acids is 1. The van der Waals surface area contributed by atoms with Crippen molar-refractivity contribution in [2.24, 2.45) is 0 Å². The summed E-state index contributed by atoms with van der Waals surface area (Å²) in [6, 6.07) is 17.6. The van der Waals surface area contributed by atoms with Crippen molar-refractivity contribution >= 4 is 18.4 Å². The Hall–Kier alpha value is -1.84. The number of hydrogen-bond donors (Lipinski definition) is 1. The predicted molar refractivity (Wildman–Crippen MR) is 96.3 cm³/mol. The standard InChI is InChI=1S/C19H23NO2.ClH/c1-19(2,20(3)14-15-8-5-4-6-9-15)13-16-10-7-11-17(12-16)18(21)22;/h4-12H,13-14H2,1-3H3,(H,21,22);1H. The number of likely N-dealkylation sites (N-methyl/N-ethyl adjacent to an activating group) is 1. The topological polar surface area (TPSA) is 40.5 Å². The molecule has 0 radical (unpaired) electrons. The molecule has 23 heavy (non-hydrogen) atoms. The summed E-state index contributed by atoms with van der Waals surface area (Å²) < 4.78 is 0. The quantitative estimate of drug-likeness (QED) is 0.858. The van der Waals surface area contributed by atoms with E-state index in [0.29, 0.717) is 5.56 Å². The molecule has 1 N–H and O–H groups in total. The first kappa shape index (κ1) is 19.2. The van der Waals surface area contributed by atoms with Crippen LogP contribution in [0.4, 0.5) is 0 Å². The van der Waals surface area contributed by atoms with Crippen molar-refractivity contribution < 1.29 is 9.90 Å². The molecule has 0 aliphatic heterocycles. The van der Waals surface area contributed by atoms with Gasteiger partial charge in [-0.2, -0.15) is 0 Å². The van der Waals surface area contributed by atoms with Crippen LogP contribution in [0.3, 0.4) is 0 Å². The maximum Gasteiger partial charge on any atom is 0.335 e. The van der Waals surface area contributed by atoms with E-state index in [1.54, 1.807) is 12.1 Å². The van der Waals surface area contributed by atoms with E-state index in [-0.39, 0.29) is 17.9 Å². The molecule has 3 nitrogen and oxygen atoms in total. The Bertz CT molecular complexity index is 641. The van der Waals surface area contributed by atoms with Crippen molar-refractivity contribution in [1.29, 1.82) is 0 Å². The normalized spacial score (nSPS) is 11.1. The number of nitrogens with zero attached hydrogens (tertiary/aromatic N) is 1. The molecule has 0 heterocycles. The van der Waals surface area contributed by atoms with Gasteiger partial charge in [-0.25, -0.2) is 4.79 Å². The van der Waals surface area contributed by atoms with Gasteiger partial charge in [0.1, 0.15) is 0 Å².